The van der Waals surface area contributed by atoms with Gasteiger partial charge in [0.05, 0.1) is 12.7 Å². The van der Waals surface area contributed by atoms with E-state index in [1.807, 2.05) is 18.2 Å². The lowest BCUT2D eigenvalue weighted by atomic mass is 10.1. The summed E-state index contributed by atoms with van der Waals surface area (Å²) >= 11 is 3.40. The molecule has 0 saturated carbocycles. The molecule has 1 rings (SSSR count). The maximum absolute atomic E-state index is 8.86. The highest BCUT2D eigenvalue weighted by Gasteiger charge is 2.00. The topological polar surface area (TPSA) is 44.0 Å². The first kappa shape index (κ1) is 10.2. The Labute approximate surface area is 85.9 Å². The Kier molecular flexibility index (Phi) is 3.94. The predicted octanol–water partition coefficient (Wildman–Crippen LogP) is 2.40. The largest absolute Gasteiger partial charge is 0.392 e. The molecule has 0 heterocycles. The predicted molar refractivity (Wildman–Crippen MR) is 54.0 cm³/mol. The van der Waals surface area contributed by atoms with Gasteiger partial charge in [0, 0.05) is 10.9 Å². The minimum absolute atomic E-state index is 0.0527. The van der Waals surface area contributed by atoms with E-state index in [0.29, 0.717) is 6.42 Å². The molecule has 1 aromatic carbocycles. The highest BCUT2D eigenvalue weighted by Crippen LogP contribution is 2.19. The SMILES string of the molecule is N#CCCc1ccc(CO)cc1Br. The molecule has 3 heteroatoms. The second-order valence-corrected chi connectivity index (χ2v) is 3.60. The van der Waals surface area contributed by atoms with Gasteiger partial charge in [-0.1, -0.05) is 28.1 Å². The van der Waals surface area contributed by atoms with Crippen molar-refractivity contribution in [3.63, 3.8) is 0 Å². The second kappa shape index (κ2) is 5.00. The molecular weight excluding hydrogens is 230 g/mol. The van der Waals surface area contributed by atoms with Gasteiger partial charge in [-0.3, -0.25) is 0 Å². The van der Waals surface area contributed by atoms with Crippen LogP contribution in [0.5, 0.6) is 0 Å². The molecule has 68 valence electrons. The summed E-state index contributed by atoms with van der Waals surface area (Å²) in [7, 11) is 0. The molecule has 0 saturated heterocycles. The summed E-state index contributed by atoms with van der Waals surface area (Å²) in [5, 5.41) is 17.3. The molecule has 0 spiro atoms. The van der Waals surface area contributed by atoms with Gasteiger partial charge in [0.25, 0.3) is 0 Å². The normalized spacial score (nSPS) is 9.62. The van der Waals surface area contributed by atoms with Crippen molar-refractivity contribution in [3.8, 4) is 6.07 Å². The molecule has 0 unspecified atom stereocenters. The zero-order valence-electron chi connectivity index (χ0n) is 7.13. The van der Waals surface area contributed by atoms with Crippen LogP contribution < -0.4 is 0 Å². The van der Waals surface area contributed by atoms with Crippen molar-refractivity contribution in [2.75, 3.05) is 0 Å². The molecule has 2 nitrogen and oxygen atoms in total. The summed E-state index contributed by atoms with van der Waals surface area (Å²) in [6.45, 7) is 0.0527. The first-order chi connectivity index (χ1) is 6.27. The molecule has 0 amide bonds. The fourth-order valence-electron chi connectivity index (χ4n) is 1.08. The van der Waals surface area contributed by atoms with Crippen molar-refractivity contribution in [1.82, 2.24) is 0 Å². The molecule has 0 aliphatic carbocycles. The molecule has 0 atom stereocenters. The van der Waals surface area contributed by atoms with E-state index < -0.39 is 0 Å². The van der Waals surface area contributed by atoms with E-state index in [0.717, 1.165) is 22.0 Å². The van der Waals surface area contributed by atoms with Crippen LogP contribution in [0.1, 0.15) is 17.5 Å². The molecule has 0 aliphatic rings. The Balaban J connectivity index is 2.80. The molecule has 0 radical (unpaired) electrons. The summed E-state index contributed by atoms with van der Waals surface area (Å²) in [5.41, 5.74) is 1.99. The zero-order chi connectivity index (χ0) is 9.68. The van der Waals surface area contributed by atoms with Crippen LogP contribution >= 0.6 is 15.9 Å². The number of benzene rings is 1. The quantitative estimate of drug-likeness (QED) is 0.881. The summed E-state index contributed by atoms with van der Waals surface area (Å²) in [5.74, 6) is 0. The lowest BCUT2D eigenvalue weighted by Gasteiger charge is -2.03. The number of halogens is 1. The van der Waals surface area contributed by atoms with Crippen LogP contribution in [-0.4, -0.2) is 5.11 Å². The van der Waals surface area contributed by atoms with Crippen molar-refractivity contribution < 1.29 is 5.11 Å². The number of nitrogens with zero attached hydrogens (tertiary/aromatic N) is 1. The average molecular weight is 240 g/mol. The van der Waals surface area contributed by atoms with Crippen LogP contribution in [0.4, 0.5) is 0 Å². The van der Waals surface area contributed by atoms with Crippen molar-refractivity contribution in [2.45, 2.75) is 19.4 Å². The van der Waals surface area contributed by atoms with E-state index in [2.05, 4.69) is 22.0 Å². The Morgan fingerprint density at radius 1 is 1.46 bits per heavy atom. The van der Waals surface area contributed by atoms with E-state index in [-0.39, 0.29) is 6.61 Å². The monoisotopic (exact) mass is 239 g/mol. The molecule has 0 aromatic heterocycles. The maximum atomic E-state index is 8.86. The van der Waals surface area contributed by atoms with E-state index in [4.69, 9.17) is 10.4 Å². The summed E-state index contributed by atoms with van der Waals surface area (Å²) in [4.78, 5) is 0. The number of rotatable bonds is 3. The van der Waals surface area contributed by atoms with Gasteiger partial charge < -0.3 is 5.11 Å². The van der Waals surface area contributed by atoms with Crippen LogP contribution in [0.2, 0.25) is 0 Å². The maximum Gasteiger partial charge on any atom is 0.0682 e. The molecule has 13 heavy (non-hydrogen) atoms. The molecule has 0 aliphatic heterocycles. The first-order valence-electron chi connectivity index (χ1n) is 4.03. The second-order valence-electron chi connectivity index (χ2n) is 2.74. The van der Waals surface area contributed by atoms with Gasteiger partial charge in [0.15, 0.2) is 0 Å². The minimum atomic E-state index is 0.0527. The van der Waals surface area contributed by atoms with Gasteiger partial charge in [-0.05, 0) is 23.6 Å². The van der Waals surface area contributed by atoms with E-state index in [1.165, 1.54) is 0 Å². The number of aliphatic hydroxyl groups is 1. The molecule has 0 fully saturated rings. The van der Waals surface area contributed by atoms with Crippen molar-refractivity contribution in [1.29, 1.82) is 5.26 Å². The number of hydrogen-bond acceptors (Lipinski definition) is 2. The summed E-state index contributed by atoms with van der Waals surface area (Å²) < 4.78 is 0.967. The third-order valence-corrected chi connectivity index (χ3v) is 2.54. The van der Waals surface area contributed by atoms with Gasteiger partial charge in [0.1, 0.15) is 0 Å². The number of nitriles is 1. The summed E-state index contributed by atoms with van der Waals surface area (Å²) in [6.07, 6.45) is 1.28. The van der Waals surface area contributed by atoms with E-state index in [1.54, 1.807) is 0 Å². The third kappa shape index (κ3) is 2.83. The Morgan fingerprint density at radius 2 is 2.23 bits per heavy atom. The van der Waals surface area contributed by atoms with E-state index in [9.17, 15) is 0 Å². The van der Waals surface area contributed by atoms with Crippen LogP contribution in [0, 0.1) is 11.3 Å². The van der Waals surface area contributed by atoms with Crippen molar-refractivity contribution in [2.24, 2.45) is 0 Å². The van der Waals surface area contributed by atoms with Crippen molar-refractivity contribution >= 4 is 15.9 Å². The smallest absolute Gasteiger partial charge is 0.0682 e. The minimum Gasteiger partial charge on any atom is -0.392 e. The molecular formula is C10H10BrNO. The first-order valence-corrected chi connectivity index (χ1v) is 4.82. The van der Waals surface area contributed by atoms with E-state index >= 15 is 0 Å². The molecule has 0 bridgehead atoms. The van der Waals surface area contributed by atoms with Gasteiger partial charge in [-0.2, -0.15) is 5.26 Å². The van der Waals surface area contributed by atoms with Crippen LogP contribution in [0.15, 0.2) is 22.7 Å². The number of aliphatic hydroxyl groups excluding tert-OH is 1. The highest BCUT2D eigenvalue weighted by atomic mass is 79.9. The van der Waals surface area contributed by atoms with Gasteiger partial charge >= 0.3 is 0 Å². The third-order valence-electron chi connectivity index (χ3n) is 1.81. The Hall–Kier alpha value is -0.850. The zero-order valence-corrected chi connectivity index (χ0v) is 8.71. The number of hydrogen-bond donors (Lipinski definition) is 1. The Morgan fingerprint density at radius 3 is 2.77 bits per heavy atom. The van der Waals surface area contributed by atoms with Crippen LogP contribution in [0.3, 0.4) is 0 Å². The van der Waals surface area contributed by atoms with Crippen LogP contribution in [-0.2, 0) is 13.0 Å². The highest BCUT2D eigenvalue weighted by molar-refractivity contribution is 9.10. The fraction of sp³-hybridized carbons (Fsp3) is 0.300. The Bertz CT molecular complexity index is 330. The number of aryl methyl sites for hydroxylation is 1. The lowest BCUT2D eigenvalue weighted by Crippen LogP contribution is -1.89. The molecule has 1 N–H and O–H groups in total. The standard InChI is InChI=1S/C10H10BrNO/c11-10-6-8(7-13)3-4-9(10)2-1-5-12/h3-4,6,13H,1-2,7H2. The lowest BCUT2D eigenvalue weighted by molar-refractivity contribution is 0.281. The average Bonchev–Trinajstić information content (AvgIpc) is 2.16. The van der Waals surface area contributed by atoms with Crippen LogP contribution in [0.25, 0.3) is 0 Å². The molecule has 1 aromatic rings. The fourth-order valence-corrected chi connectivity index (χ4v) is 1.71. The van der Waals surface area contributed by atoms with Crippen molar-refractivity contribution in [3.05, 3.63) is 33.8 Å². The van der Waals surface area contributed by atoms with Gasteiger partial charge in [0.2, 0.25) is 0 Å². The van der Waals surface area contributed by atoms with Gasteiger partial charge in [-0.15, -0.1) is 0 Å². The van der Waals surface area contributed by atoms with Gasteiger partial charge in [-0.25, -0.2) is 0 Å². The summed E-state index contributed by atoms with van der Waals surface area (Å²) in [6, 6.07) is 7.79.